The van der Waals surface area contributed by atoms with Crippen molar-refractivity contribution in [2.24, 2.45) is 17.9 Å². The largest absolute Gasteiger partial charge is 0.409 e. The van der Waals surface area contributed by atoms with Crippen molar-refractivity contribution in [1.82, 2.24) is 14.7 Å². The van der Waals surface area contributed by atoms with Crippen molar-refractivity contribution in [3.63, 3.8) is 0 Å². The van der Waals surface area contributed by atoms with Gasteiger partial charge in [-0.1, -0.05) is 12.1 Å². The Labute approximate surface area is 112 Å². The van der Waals surface area contributed by atoms with E-state index in [0.29, 0.717) is 13.2 Å². The van der Waals surface area contributed by atoms with E-state index in [4.69, 9.17) is 15.7 Å². The molecule has 106 valence electrons. The van der Waals surface area contributed by atoms with E-state index in [1.54, 1.807) is 0 Å². The Balaban J connectivity index is 2.00. The molecule has 3 N–H and O–H groups in total. The van der Waals surface area contributed by atoms with Crippen LogP contribution in [0.2, 0.25) is 0 Å². The zero-order chi connectivity index (χ0) is 13.8. The molecule has 7 nitrogen and oxygen atoms in total. The van der Waals surface area contributed by atoms with Crippen LogP contribution < -0.4 is 5.73 Å². The second kappa shape index (κ2) is 6.03. The Morgan fingerprint density at radius 2 is 2.47 bits per heavy atom. The second-order valence-electron chi connectivity index (χ2n) is 4.72. The molecular formula is C12H21N5O2. The van der Waals surface area contributed by atoms with Crippen molar-refractivity contribution in [2.45, 2.75) is 26.0 Å². The summed E-state index contributed by atoms with van der Waals surface area (Å²) in [6.07, 6.45) is 0.599. The standard InChI is InChI=1S/C12H21N5O2/c1-3-9-6-10(16(2)14-9)7-17-4-5-19-11(8-17)12(13)15-18/h6,11,18H,3-5,7-8H2,1-2H3,(H2,13,15). The zero-order valence-corrected chi connectivity index (χ0v) is 11.4. The summed E-state index contributed by atoms with van der Waals surface area (Å²) in [5.74, 6) is 0.129. The Morgan fingerprint density at radius 1 is 1.68 bits per heavy atom. The van der Waals surface area contributed by atoms with Crippen LogP contribution in [0.1, 0.15) is 18.3 Å². The lowest BCUT2D eigenvalue weighted by Crippen LogP contribution is -2.48. The van der Waals surface area contributed by atoms with Crippen LogP contribution in [0.5, 0.6) is 0 Å². The van der Waals surface area contributed by atoms with E-state index >= 15 is 0 Å². The number of nitrogens with zero attached hydrogens (tertiary/aromatic N) is 4. The van der Waals surface area contributed by atoms with Gasteiger partial charge in [-0.2, -0.15) is 5.10 Å². The molecule has 0 saturated carbocycles. The number of nitrogens with two attached hydrogens (primary N) is 1. The topological polar surface area (TPSA) is 88.9 Å². The molecule has 1 aliphatic rings. The van der Waals surface area contributed by atoms with Crippen LogP contribution in [-0.4, -0.2) is 51.5 Å². The average Bonchev–Trinajstić information content (AvgIpc) is 2.79. The minimum atomic E-state index is -0.336. The van der Waals surface area contributed by atoms with Gasteiger partial charge in [-0.25, -0.2) is 0 Å². The molecule has 7 heteroatoms. The third-order valence-corrected chi connectivity index (χ3v) is 3.37. The Morgan fingerprint density at radius 3 is 3.11 bits per heavy atom. The van der Waals surface area contributed by atoms with E-state index in [0.717, 1.165) is 30.9 Å². The Bertz CT molecular complexity index is 457. The first-order valence-electron chi connectivity index (χ1n) is 6.47. The van der Waals surface area contributed by atoms with Gasteiger partial charge in [-0.15, -0.1) is 0 Å². The number of aromatic nitrogens is 2. The number of hydrogen-bond donors (Lipinski definition) is 2. The Kier molecular flexibility index (Phi) is 4.39. The lowest BCUT2D eigenvalue weighted by Gasteiger charge is -2.31. The summed E-state index contributed by atoms with van der Waals surface area (Å²) >= 11 is 0. The van der Waals surface area contributed by atoms with Crippen LogP contribution in [0.4, 0.5) is 0 Å². The van der Waals surface area contributed by atoms with Gasteiger partial charge >= 0.3 is 0 Å². The van der Waals surface area contributed by atoms with Crippen LogP contribution in [0.15, 0.2) is 11.2 Å². The molecule has 1 saturated heterocycles. The smallest absolute Gasteiger partial charge is 0.169 e. The van der Waals surface area contributed by atoms with Crippen molar-refractivity contribution in [2.75, 3.05) is 19.7 Å². The molecule has 1 fully saturated rings. The van der Waals surface area contributed by atoms with E-state index in [1.165, 1.54) is 0 Å². The highest BCUT2D eigenvalue weighted by atomic mass is 16.5. The molecule has 19 heavy (non-hydrogen) atoms. The van der Waals surface area contributed by atoms with Crippen molar-refractivity contribution < 1.29 is 9.94 Å². The summed E-state index contributed by atoms with van der Waals surface area (Å²) in [6, 6.07) is 2.12. The fourth-order valence-corrected chi connectivity index (χ4v) is 2.21. The molecule has 0 amide bonds. The molecule has 2 rings (SSSR count). The summed E-state index contributed by atoms with van der Waals surface area (Å²) in [5, 5.41) is 16.1. The van der Waals surface area contributed by atoms with Gasteiger partial charge in [0.1, 0.15) is 6.10 Å². The second-order valence-corrected chi connectivity index (χ2v) is 4.72. The number of oxime groups is 1. The molecule has 0 radical (unpaired) electrons. The van der Waals surface area contributed by atoms with E-state index in [9.17, 15) is 0 Å². The summed E-state index contributed by atoms with van der Waals surface area (Å²) in [5.41, 5.74) is 7.85. The SMILES string of the molecule is CCc1cc(CN2CCOC(C(N)=NO)C2)n(C)n1. The molecule has 1 atom stereocenters. The van der Waals surface area contributed by atoms with E-state index in [2.05, 4.69) is 28.1 Å². The van der Waals surface area contributed by atoms with Crippen LogP contribution in [0.3, 0.4) is 0 Å². The predicted octanol–water partition coefficient (Wildman–Crippen LogP) is -0.0703. The molecule has 2 heterocycles. The van der Waals surface area contributed by atoms with Gasteiger partial charge in [0.25, 0.3) is 0 Å². The monoisotopic (exact) mass is 267 g/mol. The lowest BCUT2D eigenvalue weighted by atomic mass is 10.2. The number of aryl methyl sites for hydroxylation is 2. The quantitative estimate of drug-likeness (QED) is 0.345. The number of hydrogen-bond acceptors (Lipinski definition) is 5. The summed E-state index contributed by atoms with van der Waals surface area (Å²) < 4.78 is 7.38. The average molecular weight is 267 g/mol. The minimum Gasteiger partial charge on any atom is -0.409 e. The number of ether oxygens (including phenoxy) is 1. The van der Waals surface area contributed by atoms with Gasteiger partial charge in [0, 0.05) is 26.7 Å². The molecule has 0 aliphatic carbocycles. The Hall–Kier alpha value is -1.60. The number of morpholine rings is 1. The fraction of sp³-hybridized carbons (Fsp3) is 0.667. The van der Waals surface area contributed by atoms with Gasteiger partial charge in [-0.05, 0) is 12.5 Å². The van der Waals surface area contributed by atoms with Gasteiger partial charge in [-0.3, -0.25) is 9.58 Å². The van der Waals surface area contributed by atoms with E-state index in [-0.39, 0.29) is 11.9 Å². The maximum absolute atomic E-state index is 8.69. The van der Waals surface area contributed by atoms with E-state index < -0.39 is 0 Å². The first-order valence-corrected chi connectivity index (χ1v) is 6.47. The van der Waals surface area contributed by atoms with Gasteiger partial charge in [0.15, 0.2) is 5.84 Å². The normalized spacial score (nSPS) is 21.8. The first kappa shape index (κ1) is 13.8. The molecule has 1 unspecified atom stereocenters. The van der Waals surface area contributed by atoms with Crippen LogP contribution in [0.25, 0.3) is 0 Å². The third-order valence-electron chi connectivity index (χ3n) is 3.37. The first-order chi connectivity index (χ1) is 9.13. The zero-order valence-electron chi connectivity index (χ0n) is 11.4. The third kappa shape index (κ3) is 3.24. The van der Waals surface area contributed by atoms with Gasteiger partial charge in [0.05, 0.1) is 18.0 Å². The minimum absolute atomic E-state index is 0.129. The van der Waals surface area contributed by atoms with Crippen molar-refractivity contribution >= 4 is 5.84 Å². The summed E-state index contributed by atoms with van der Waals surface area (Å²) in [4.78, 5) is 2.22. The molecule has 1 aromatic heterocycles. The maximum atomic E-state index is 8.69. The highest BCUT2D eigenvalue weighted by molar-refractivity contribution is 5.84. The van der Waals surface area contributed by atoms with Gasteiger partial charge in [0.2, 0.25) is 0 Å². The molecule has 1 aliphatic heterocycles. The predicted molar refractivity (Wildman–Crippen MR) is 71.0 cm³/mol. The summed E-state index contributed by atoms with van der Waals surface area (Å²) in [6.45, 7) is 4.93. The number of rotatable bonds is 4. The molecule has 0 bridgehead atoms. The fourth-order valence-electron chi connectivity index (χ4n) is 2.21. The van der Waals surface area contributed by atoms with Crippen molar-refractivity contribution in [3.8, 4) is 0 Å². The molecule has 0 aromatic carbocycles. The molecule has 0 spiro atoms. The van der Waals surface area contributed by atoms with E-state index in [1.807, 2.05) is 11.7 Å². The maximum Gasteiger partial charge on any atom is 0.169 e. The van der Waals surface area contributed by atoms with Crippen LogP contribution >= 0.6 is 0 Å². The van der Waals surface area contributed by atoms with Crippen molar-refractivity contribution in [3.05, 3.63) is 17.5 Å². The van der Waals surface area contributed by atoms with Gasteiger partial charge < -0.3 is 15.7 Å². The highest BCUT2D eigenvalue weighted by Crippen LogP contribution is 2.12. The van der Waals surface area contributed by atoms with Crippen LogP contribution in [0, 0.1) is 0 Å². The molecular weight excluding hydrogens is 246 g/mol. The number of amidine groups is 1. The van der Waals surface area contributed by atoms with Crippen molar-refractivity contribution in [1.29, 1.82) is 0 Å². The molecule has 1 aromatic rings. The lowest BCUT2D eigenvalue weighted by molar-refractivity contribution is 0.000590. The highest BCUT2D eigenvalue weighted by Gasteiger charge is 2.24. The summed E-state index contributed by atoms with van der Waals surface area (Å²) in [7, 11) is 1.95. The van der Waals surface area contributed by atoms with Crippen LogP contribution in [-0.2, 0) is 24.8 Å².